The van der Waals surface area contributed by atoms with Crippen LogP contribution in [0.15, 0.2) is 17.6 Å². The van der Waals surface area contributed by atoms with E-state index in [-0.39, 0.29) is 11.5 Å². The molecule has 6 nitrogen and oxygen atoms in total. The highest BCUT2D eigenvalue weighted by Gasteiger charge is 2.41. The van der Waals surface area contributed by atoms with E-state index in [0.29, 0.717) is 19.7 Å². The number of hydrogen-bond acceptors (Lipinski definition) is 7. The predicted molar refractivity (Wildman–Crippen MR) is 106 cm³/mol. The molecular formula is C19H25N3O3S2. The normalized spacial score (nSPS) is 18.4. The number of carbonyl (C=O) groups is 1. The Balaban J connectivity index is 1.58. The van der Waals surface area contributed by atoms with Gasteiger partial charge in [0.15, 0.2) is 0 Å². The van der Waals surface area contributed by atoms with E-state index in [2.05, 4.69) is 16.4 Å². The number of methoxy groups -OCH3 is 1. The highest BCUT2D eigenvalue weighted by atomic mass is 32.1. The van der Waals surface area contributed by atoms with Crippen LogP contribution in [0.4, 0.5) is 0 Å². The number of hydrogen-bond donors (Lipinski definition) is 1. The smallest absolute Gasteiger partial charge is 0.264 e. The molecule has 2 aromatic heterocycles. The lowest BCUT2D eigenvalue weighted by atomic mass is 9.86. The van der Waals surface area contributed by atoms with Gasteiger partial charge < -0.3 is 19.7 Å². The van der Waals surface area contributed by atoms with E-state index in [1.54, 1.807) is 36.0 Å². The molecule has 4 rings (SSSR count). The number of nitrogens with one attached hydrogen (secondary N) is 1. The number of thiazole rings is 1. The number of carbonyl (C=O) groups excluding carboxylic acids is 1. The maximum atomic E-state index is 13.3. The maximum absolute atomic E-state index is 13.3. The molecule has 8 heteroatoms. The number of rotatable bonds is 6. The molecule has 146 valence electrons. The molecule has 1 fully saturated rings. The lowest BCUT2D eigenvalue weighted by Gasteiger charge is -2.40. The second kappa shape index (κ2) is 8.36. The van der Waals surface area contributed by atoms with Crippen LogP contribution in [0.1, 0.15) is 38.0 Å². The summed E-state index contributed by atoms with van der Waals surface area (Å²) in [6.07, 6.45) is 4.61. The Morgan fingerprint density at radius 1 is 1.44 bits per heavy atom. The molecule has 1 N–H and O–H groups in total. The second-order valence-corrected chi connectivity index (χ2v) is 8.98. The molecule has 2 aromatic rings. The van der Waals surface area contributed by atoms with E-state index in [4.69, 9.17) is 9.47 Å². The van der Waals surface area contributed by atoms with Gasteiger partial charge in [-0.05, 0) is 44.0 Å². The van der Waals surface area contributed by atoms with Crippen LogP contribution in [0.25, 0.3) is 0 Å². The molecule has 1 spiro atoms. The number of fused-ring (bicyclic) bond motifs is 2. The highest BCUT2D eigenvalue weighted by molar-refractivity contribution is 7.14. The Kier molecular flexibility index (Phi) is 5.89. The summed E-state index contributed by atoms with van der Waals surface area (Å²) in [5, 5.41) is 6.30. The zero-order valence-corrected chi connectivity index (χ0v) is 17.2. The summed E-state index contributed by atoms with van der Waals surface area (Å²) in [5.74, 6) is 0.0609. The molecule has 1 saturated heterocycles. The molecule has 0 radical (unpaired) electrons. The van der Waals surface area contributed by atoms with E-state index in [1.807, 2.05) is 10.3 Å². The zero-order valence-electron chi connectivity index (χ0n) is 15.5. The van der Waals surface area contributed by atoms with Gasteiger partial charge >= 0.3 is 0 Å². The van der Waals surface area contributed by atoms with Gasteiger partial charge in [0.25, 0.3) is 5.91 Å². The largest absolute Gasteiger partial charge is 0.383 e. The van der Waals surface area contributed by atoms with Crippen molar-refractivity contribution in [3.05, 3.63) is 38.0 Å². The van der Waals surface area contributed by atoms with Crippen molar-refractivity contribution in [2.75, 3.05) is 40.0 Å². The Hall–Kier alpha value is -1.32. The number of nitrogens with zero attached hydrogens (tertiary/aromatic N) is 2. The molecule has 1 amide bonds. The first-order valence-electron chi connectivity index (χ1n) is 9.36. The Labute approximate surface area is 167 Å². The Morgan fingerprint density at radius 2 is 2.30 bits per heavy atom. The fraction of sp³-hybridized carbons (Fsp3) is 0.579. The molecule has 2 aliphatic rings. The van der Waals surface area contributed by atoms with E-state index >= 15 is 0 Å². The van der Waals surface area contributed by atoms with Crippen molar-refractivity contribution >= 4 is 28.6 Å². The predicted octanol–water partition coefficient (Wildman–Crippen LogP) is 2.64. The molecule has 0 aromatic carbocycles. The van der Waals surface area contributed by atoms with E-state index in [9.17, 15) is 4.79 Å². The lowest BCUT2D eigenvalue weighted by Crippen LogP contribution is -2.44. The van der Waals surface area contributed by atoms with Crippen LogP contribution in [-0.2, 0) is 28.0 Å². The van der Waals surface area contributed by atoms with E-state index in [0.717, 1.165) is 48.8 Å². The summed E-state index contributed by atoms with van der Waals surface area (Å²) in [5.41, 5.74) is 1.09. The van der Waals surface area contributed by atoms with Crippen LogP contribution in [0.3, 0.4) is 0 Å². The van der Waals surface area contributed by atoms with Gasteiger partial charge in [-0.25, -0.2) is 4.98 Å². The Morgan fingerprint density at radius 3 is 3.04 bits per heavy atom. The summed E-state index contributed by atoms with van der Waals surface area (Å²) in [4.78, 5) is 21.5. The molecule has 2 aliphatic heterocycles. The van der Waals surface area contributed by atoms with Crippen molar-refractivity contribution in [1.29, 1.82) is 0 Å². The molecule has 4 heterocycles. The molecule has 0 aliphatic carbocycles. The van der Waals surface area contributed by atoms with Gasteiger partial charge in [0.1, 0.15) is 10.6 Å². The summed E-state index contributed by atoms with van der Waals surface area (Å²) in [7, 11) is 1.66. The van der Waals surface area contributed by atoms with Crippen LogP contribution in [-0.4, -0.2) is 55.7 Å². The van der Waals surface area contributed by atoms with Crippen LogP contribution in [0, 0.1) is 0 Å². The minimum Gasteiger partial charge on any atom is -0.383 e. The first-order chi connectivity index (χ1) is 13.2. The van der Waals surface area contributed by atoms with Gasteiger partial charge in [-0.1, -0.05) is 0 Å². The van der Waals surface area contributed by atoms with Crippen molar-refractivity contribution in [2.24, 2.45) is 0 Å². The minimum absolute atomic E-state index is 0.0609. The standard InChI is InChI=1S/C19H25N3O3S2/c1-24-10-8-22(13-16-21-7-11-26-16)18(23)15-12-14-2-9-25-19(17(14)27-15)3-5-20-6-4-19/h7,11-12,20H,2-6,8-10,13H2,1H3. The lowest BCUT2D eigenvalue weighted by molar-refractivity contribution is -0.0771. The maximum Gasteiger partial charge on any atom is 0.264 e. The van der Waals surface area contributed by atoms with Gasteiger partial charge in [-0.15, -0.1) is 22.7 Å². The number of thiophene rings is 1. The van der Waals surface area contributed by atoms with Gasteiger partial charge in [-0.3, -0.25) is 4.79 Å². The van der Waals surface area contributed by atoms with Crippen LogP contribution >= 0.6 is 22.7 Å². The average molecular weight is 408 g/mol. The average Bonchev–Trinajstić information content (AvgIpc) is 3.36. The summed E-state index contributed by atoms with van der Waals surface area (Å²) >= 11 is 3.19. The van der Waals surface area contributed by atoms with E-state index in [1.165, 1.54) is 10.4 Å². The third-order valence-corrected chi connectivity index (χ3v) is 7.37. The Bertz CT molecular complexity index is 769. The molecule has 0 saturated carbocycles. The fourth-order valence-electron chi connectivity index (χ4n) is 3.83. The molecular weight excluding hydrogens is 382 g/mol. The van der Waals surface area contributed by atoms with Gasteiger partial charge in [0, 0.05) is 30.1 Å². The number of piperidine rings is 1. The molecule has 27 heavy (non-hydrogen) atoms. The first-order valence-corrected chi connectivity index (χ1v) is 11.1. The number of ether oxygens (including phenoxy) is 2. The first kappa shape index (κ1) is 19.0. The monoisotopic (exact) mass is 407 g/mol. The topological polar surface area (TPSA) is 63.7 Å². The third-order valence-electron chi connectivity index (χ3n) is 5.26. The molecule has 0 bridgehead atoms. The van der Waals surface area contributed by atoms with Crippen molar-refractivity contribution in [3.8, 4) is 0 Å². The van der Waals surface area contributed by atoms with Gasteiger partial charge in [-0.2, -0.15) is 0 Å². The quantitative estimate of drug-likeness (QED) is 0.798. The van der Waals surface area contributed by atoms with Crippen molar-refractivity contribution in [2.45, 2.75) is 31.4 Å². The van der Waals surface area contributed by atoms with Gasteiger partial charge in [0.2, 0.25) is 0 Å². The molecule has 0 unspecified atom stereocenters. The third kappa shape index (κ3) is 3.95. The van der Waals surface area contributed by atoms with Gasteiger partial charge in [0.05, 0.1) is 24.6 Å². The number of amides is 1. The van der Waals surface area contributed by atoms with E-state index < -0.39 is 0 Å². The molecule has 0 atom stereocenters. The van der Waals surface area contributed by atoms with Crippen molar-refractivity contribution in [1.82, 2.24) is 15.2 Å². The minimum atomic E-state index is -0.200. The highest BCUT2D eigenvalue weighted by Crippen LogP contribution is 2.44. The summed E-state index contributed by atoms with van der Waals surface area (Å²) in [6, 6.07) is 2.09. The van der Waals surface area contributed by atoms with Crippen LogP contribution in [0.2, 0.25) is 0 Å². The van der Waals surface area contributed by atoms with Crippen LogP contribution in [0.5, 0.6) is 0 Å². The van der Waals surface area contributed by atoms with Crippen molar-refractivity contribution in [3.63, 3.8) is 0 Å². The second-order valence-electron chi connectivity index (χ2n) is 6.95. The summed E-state index contributed by atoms with van der Waals surface area (Å²) < 4.78 is 11.5. The summed E-state index contributed by atoms with van der Waals surface area (Å²) in [6.45, 7) is 4.26. The van der Waals surface area contributed by atoms with Crippen LogP contribution < -0.4 is 5.32 Å². The zero-order chi connectivity index (χ0) is 18.7. The van der Waals surface area contributed by atoms with Crippen molar-refractivity contribution < 1.29 is 14.3 Å². The number of aromatic nitrogens is 1. The SMILES string of the molecule is COCCN(Cc1nccs1)C(=O)c1cc2c(s1)C1(CCNCC1)OCC2. The fourth-order valence-corrected chi connectivity index (χ4v) is 5.84.